The summed E-state index contributed by atoms with van der Waals surface area (Å²) in [5.41, 5.74) is 1.21. The summed E-state index contributed by atoms with van der Waals surface area (Å²) in [6, 6.07) is 6.43. The molecule has 1 N–H and O–H groups in total. The van der Waals surface area contributed by atoms with Crippen LogP contribution in [0.4, 0.5) is 0 Å². The van der Waals surface area contributed by atoms with E-state index in [4.69, 9.17) is 9.47 Å². The molecule has 3 rings (SSSR count). The Labute approximate surface area is 125 Å². The van der Waals surface area contributed by atoms with Gasteiger partial charge in [-0.05, 0) is 43.9 Å². The van der Waals surface area contributed by atoms with Crippen molar-refractivity contribution in [1.29, 1.82) is 0 Å². The summed E-state index contributed by atoms with van der Waals surface area (Å²) in [5, 5.41) is 3.42. The molecule has 0 spiro atoms. The molecule has 0 aliphatic carbocycles. The van der Waals surface area contributed by atoms with Crippen molar-refractivity contribution in [3.05, 3.63) is 23.8 Å². The van der Waals surface area contributed by atoms with Crippen molar-refractivity contribution >= 4 is 9.84 Å². The minimum Gasteiger partial charge on any atom is -0.454 e. The van der Waals surface area contributed by atoms with Crippen molar-refractivity contribution in [2.45, 2.75) is 38.3 Å². The van der Waals surface area contributed by atoms with E-state index in [1.165, 1.54) is 5.56 Å². The number of hydrogen-bond donors (Lipinski definition) is 1. The van der Waals surface area contributed by atoms with Crippen molar-refractivity contribution in [1.82, 2.24) is 5.32 Å². The zero-order valence-electron chi connectivity index (χ0n) is 12.2. The highest BCUT2D eigenvalue weighted by Gasteiger charge is 2.28. The highest BCUT2D eigenvalue weighted by molar-refractivity contribution is 7.91. The van der Waals surface area contributed by atoms with E-state index >= 15 is 0 Å². The zero-order valence-corrected chi connectivity index (χ0v) is 13.0. The molecule has 21 heavy (non-hydrogen) atoms. The maximum absolute atomic E-state index is 11.4. The fourth-order valence-corrected chi connectivity index (χ4v) is 4.58. The molecular formula is C15H21NO4S. The van der Waals surface area contributed by atoms with Crippen LogP contribution >= 0.6 is 0 Å². The molecule has 2 aliphatic rings. The van der Waals surface area contributed by atoms with Gasteiger partial charge in [0.05, 0.1) is 11.5 Å². The van der Waals surface area contributed by atoms with Crippen LogP contribution in [-0.2, 0) is 16.3 Å². The second-order valence-electron chi connectivity index (χ2n) is 5.89. The van der Waals surface area contributed by atoms with Gasteiger partial charge in [0.1, 0.15) is 0 Å². The fourth-order valence-electron chi connectivity index (χ4n) is 2.89. The first-order chi connectivity index (χ1) is 10.0. The smallest absolute Gasteiger partial charge is 0.231 e. The summed E-state index contributed by atoms with van der Waals surface area (Å²) < 4.78 is 33.6. The number of fused-ring (bicyclic) bond motifs is 1. The van der Waals surface area contributed by atoms with Crippen molar-refractivity contribution in [2.75, 3.05) is 18.3 Å². The molecule has 0 radical (unpaired) electrons. The quantitative estimate of drug-likeness (QED) is 0.893. The molecule has 6 heteroatoms. The number of hydrogen-bond acceptors (Lipinski definition) is 5. The number of nitrogens with one attached hydrogen (secondary N) is 1. The standard InChI is InChI=1S/C15H21NO4S/c1-11(16-13-6-7-21(17,18)9-13)2-3-12-4-5-14-15(8-12)20-10-19-14/h4-5,8,11,13,16H,2-3,6-7,9-10H2,1H3/t11-,13+/m1/s1. The van der Waals surface area contributed by atoms with Crippen LogP contribution in [0.15, 0.2) is 18.2 Å². The van der Waals surface area contributed by atoms with Gasteiger partial charge in [-0.2, -0.15) is 0 Å². The van der Waals surface area contributed by atoms with Gasteiger partial charge in [-0.3, -0.25) is 0 Å². The van der Waals surface area contributed by atoms with E-state index in [9.17, 15) is 8.42 Å². The molecule has 0 bridgehead atoms. The highest BCUT2D eigenvalue weighted by atomic mass is 32.2. The Balaban J connectivity index is 1.49. The SMILES string of the molecule is C[C@H](CCc1ccc2c(c1)OCO2)N[C@H]1CCS(=O)(=O)C1. The van der Waals surface area contributed by atoms with Gasteiger partial charge in [0.15, 0.2) is 21.3 Å². The van der Waals surface area contributed by atoms with Crippen molar-refractivity contribution in [2.24, 2.45) is 0 Å². The first-order valence-corrected chi connectivity index (χ1v) is 9.19. The third kappa shape index (κ3) is 3.68. The lowest BCUT2D eigenvalue weighted by molar-refractivity contribution is 0.174. The molecular weight excluding hydrogens is 290 g/mol. The van der Waals surface area contributed by atoms with Gasteiger partial charge < -0.3 is 14.8 Å². The van der Waals surface area contributed by atoms with Crippen LogP contribution in [0.5, 0.6) is 11.5 Å². The van der Waals surface area contributed by atoms with Gasteiger partial charge in [0.25, 0.3) is 0 Å². The van der Waals surface area contributed by atoms with Gasteiger partial charge in [0.2, 0.25) is 6.79 Å². The zero-order chi connectivity index (χ0) is 14.9. The summed E-state index contributed by atoms with van der Waals surface area (Å²) in [6.07, 6.45) is 2.64. The molecule has 116 valence electrons. The number of rotatable bonds is 5. The van der Waals surface area contributed by atoms with Crippen LogP contribution in [0, 0.1) is 0 Å². The Morgan fingerprint density at radius 2 is 2.14 bits per heavy atom. The third-order valence-corrected chi connectivity index (χ3v) is 5.82. The van der Waals surface area contributed by atoms with Gasteiger partial charge >= 0.3 is 0 Å². The molecule has 1 aromatic rings. The summed E-state index contributed by atoms with van der Waals surface area (Å²) in [6.45, 7) is 2.41. The fraction of sp³-hybridized carbons (Fsp3) is 0.600. The summed E-state index contributed by atoms with van der Waals surface area (Å²) >= 11 is 0. The molecule has 2 aliphatic heterocycles. The predicted octanol–water partition coefficient (Wildman–Crippen LogP) is 1.51. The molecule has 0 aromatic heterocycles. The van der Waals surface area contributed by atoms with Crippen LogP contribution in [-0.4, -0.2) is 38.8 Å². The minimum atomic E-state index is -2.81. The molecule has 5 nitrogen and oxygen atoms in total. The lowest BCUT2D eigenvalue weighted by Gasteiger charge is -2.18. The topological polar surface area (TPSA) is 64.6 Å². The largest absolute Gasteiger partial charge is 0.454 e. The molecule has 0 amide bonds. The second-order valence-corrected chi connectivity index (χ2v) is 8.12. The third-order valence-electron chi connectivity index (χ3n) is 4.06. The summed E-state index contributed by atoms with van der Waals surface area (Å²) in [4.78, 5) is 0. The van der Waals surface area contributed by atoms with Crippen LogP contribution in [0.2, 0.25) is 0 Å². The van der Waals surface area contributed by atoms with Gasteiger partial charge in [-0.15, -0.1) is 0 Å². The second kappa shape index (κ2) is 5.85. The predicted molar refractivity (Wildman–Crippen MR) is 80.5 cm³/mol. The highest BCUT2D eigenvalue weighted by Crippen LogP contribution is 2.32. The lowest BCUT2D eigenvalue weighted by Crippen LogP contribution is -2.37. The monoisotopic (exact) mass is 311 g/mol. The van der Waals surface area contributed by atoms with Gasteiger partial charge in [0, 0.05) is 12.1 Å². The van der Waals surface area contributed by atoms with Gasteiger partial charge in [-0.1, -0.05) is 6.07 Å². The van der Waals surface area contributed by atoms with Crippen molar-refractivity contribution in [3.8, 4) is 11.5 Å². The summed E-state index contributed by atoms with van der Waals surface area (Å²) in [5.74, 6) is 2.22. The van der Waals surface area contributed by atoms with Gasteiger partial charge in [-0.25, -0.2) is 8.42 Å². The van der Waals surface area contributed by atoms with Crippen molar-refractivity contribution < 1.29 is 17.9 Å². The molecule has 0 unspecified atom stereocenters. The Bertz CT molecular complexity index is 614. The first-order valence-electron chi connectivity index (χ1n) is 7.37. The average molecular weight is 311 g/mol. The summed E-state index contributed by atoms with van der Waals surface area (Å²) in [7, 11) is -2.81. The molecule has 1 saturated heterocycles. The number of benzene rings is 1. The maximum Gasteiger partial charge on any atom is 0.231 e. The number of aryl methyl sites for hydroxylation is 1. The Hall–Kier alpha value is -1.27. The van der Waals surface area contributed by atoms with Crippen LogP contribution in [0.3, 0.4) is 0 Å². The van der Waals surface area contributed by atoms with E-state index in [0.29, 0.717) is 18.6 Å². The van der Waals surface area contributed by atoms with E-state index in [1.54, 1.807) is 0 Å². The number of sulfone groups is 1. The van der Waals surface area contributed by atoms with E-state index in [0.717, 1.165) is 30.8 Å². The van der Waals surface area contributed by atoms with E-state index < -0.39 is 9.84 Å². The van der Waals surface area contributed by atoms with Crippen LogP contribution < -0.4 is 14.8 Å². The van der Waals surface area contributed by atoms with Crippen LogP contribution in [0.25, 0.3) is 0 Å². The molecule has 1 fully saturated rings. The van der Waals surface area contributed by atoms with E-state index in [1.807, 2.05) is 12.1 Å². The molecule has 2 atom stereocenters. The Morgan fingerprint density at radius 1 is 1.33 bits per heavy atom. The number of ether oxygens (including phenoxy) is 2. The normalized spacial score (nSPS) is 24.1. The first kappa shape index (κ1) is 14.7. The maximum atomic E-state index is 11.4. The van der Waals surface area contributed by atoms with Crippen LogP contribution in [0.1, 0.15) is 25.3 Å². The molecule has 2 heterocycles. The minimum absolute atomic E-state index is 0.113. The Morgan fingerprint density at radius 3 is 2.90 bits per heavy atom. The molecule has 1 aromatic carbocycles. The van der Waals surface area contributed by atoms with E-state index in [-0.39, 0.29) is 11.8 Å². The van der Waals surface area contributed by atoms with E-state index in [2.05, 4.69) is 18.3 Å². The average Bonchev–Trinajstić information content (AvgIpc) is 3.02. The van der Waals surface area contributed by atoms with Crippen molar-refractivity contribution in [3.63, 3.8) is 0 Å². The lowest BCUT2D eigenvalue weighted by atomic mass is 10.0. The molecule has 0 saturated carbocycles. The Kier molecular flexibility index (Phi) is 4.08.